The molecule has 2 atom stereocenters. The van der Waals surface area contributed by atoms with Crippen molar-refractivity contribution in [2.75, 3.05) is 25.3 Å². The van der Waals surface area contributed by atoms with Crippen LogP contribution >= 0.6 is 7.52 Å². The number of para-hydroxylation sites is 1. The fourth-order valence-corrected chi connectivity index (χ4v) is 6.10. The molecule has 0 radical (unpaired) electrons. The molecule has 13 heteroatoms. The lowest BCUT2D eigenvalue weighted by molar-refractivity contribution is -0.158. The van der Waals surface area contributed by atoms with Crippen molar-refractivity contribution in [3.05, 3.63) is 43.0 Å². The fraction of sp³-hybridized carbons (Fsp3) is 0.500. The van der Waals surface area contributed by atoms with Gasteiger partial charge in [-0.1, -0.05) is 18.2 Å². The number of ether oxygens (including phenoxy) is 3. The van der Waals surface area contributed by atoms with E-state index in [0.717, 1.165) is 0 Å². The lowest BCUT2D eigenvalue weighted by Crippen LogP contribution is -2.56. The Morgan fingerprint density at radius 1 is 1.19 bits per heavy atom. The number of hydrogen-bond donors (Lipinski definition) is 2. The van der Waals surface area contributed by atoms with Crippen LogP contribution in [0.4, 0.5) is 5.82 Å². The van der Waals surface area contributed by atoms with E-state index in [2.05, 4.69) is 20.0 Å². The van der Waals surface area contributed by atoms with Gasteiger partial charge in [-0.3, -0.25) is 9.36 Å². The zero-order valence-corrected chi connectivity index (χ0v) is 22.1. The molecule has 1 aliphatic heterocycles. The van der Waals surface area contributed by atoms with Crippen LogP contribution in [0.5, 0.6) is 5.75 Å². The molecule has 200 valence electrons. The van der Waals surface area contributed by atoms with Crippen LogP contribution in [0.25, 0.3) is 11.2 Å². The number of anilines is 1. The van der Waals surface area contributed by atoms with Gasteiger partial charge in [-0.05, 0) is 32.9 Å². The van der Waals surface area contributed by atoms with Gasteiger partial charge in [-0.2, -0.15) is 0 Å². The molecule has 0 aliphatic carbocycles. The fourth-order valence-electron chi connectivity index (χ4n) is 4.05. The Kier molecular flexibility index (Phi) is 8.43. The van der Waals surface area contributed by atoms with Crippen LogP contribution in [0.3, 0.4) is 0 Å². The van der Waals surface area contributed by atoms with Crippen molar-refractivity contribution >= 4 is 30.5 Å². The number of imidazole rings is 1. The second kappa shape index (κ2) is 11.6. The molecular formula is C24H33N6O6P. The summed E-state index contributed by atoms with van der Waals surface area (Å²) in [5.74, 6) is 0.192. The van der Waals surface area contributed by atoms with E-state index in [1.165, 1.54) is 6.33 Å². The predicted octanol–water partition coefficient (Wildman–Crippen LogP) is 3.13. The highest BCUT2D eigenvalue weighted by Crippen LogP contribution is 2.47. The number of carbonyl (C=O) groups is 1. The first kappa shape index (κ1) is 27.0. The van der Waals surface area contributed by atoms with Gasteiger partial charge in [0.05, 0.1) is 25.1 Å². The van der Waals surface area contributed by atoms with Gasteiger partial charge in [0.15, 0.2) is 11.5 Å². The molecule has 3 N–H and O–H groups in total. The van der Waals surface area contributed by atoms with Gasteiger partial charge in [0, 0.05) is 26.1 Å². The molecule has 1 saturated heterocycles. The molecule has 4 rings (SSSR count). The topological polar surface area (TPSA) is 153 Å². The molecule has 3 heterocycles. The summed E-state index contributed by atoms with van der Waals surface area (Å²) < 4.78 is 39.0. The molecule has 1 fully saturated rings. The minimum atomic E-state index is -3.77. The van der Waals surface area contributed by atoms with E-state index in [1.54, 1.807) is 49.0 Å². The zero-order valence-electron chi connectivity index (χ0n) is 21.2. The second-order valence-electron chi connectivity index (χ2n) is 9.27. The first-order chi connectivity index (χ1) is 17.7. The minimum absolute atomic E-state index is 0.287. The molecule has 2 aromatic heterocycles. The minimum Gasteiger partial charge on any atom is -0.462 e. The summed E-state index contributed by atoms with van der Waals surface area (Å²) in [7, 11) is -3.77. The van der Waals surface area contributed by atoms with Gasteiger partial charge >= 0.3 is 13.5 Å². The summed E-state index contributed by atoms with van der Waals surface area (Å²) >= 11 is 0. The molecule has 12 nitrogen and oxygen atoms in total. The average Bonchev–Trinajstić information content (AvgIpc) is 3.27. The third kappa shape index (κ3) is 6.64. The Balaban J connectivity index is 1.53. The highest BCUT2D eigenvalue weighted by Gasteiger charge is 2.48. The van der Waals surface area contributed by atoms with Crippen molar-refractivity contribution in [2.24, 2.45) is 0 Å². The SMILES string of the molecule is CC(C)OC(=O)C1(NP(=O)(CO[C@H](C)Cn2cnc3c(N)ncnc32)Oc2ccccc2)CCOCC1. The monoisotopic (exact) mass is 532 g/mol. The van der Waals surface area contributed by atoms with E-state index in [-0.39, 0.29) is 18.3 Å². The third-order valence-electron chi connectivity index (χ3n) is 5.87. The van der Waals surface area contributed by atoms with Gasteiger partial charge in [-0.15, -0.1) is 0 Å². The molecule has 0 spiro atoms. The summed E-state index contributed by atoms with van der Waals surface area (Å²) in [5, 5.41) is 3.05. The highest BCUT2D eigenvalue weighted by molar-refractivity contribution is 7.57. The molecular weight excluding hydrogens is 499 g/mol. The third-order valence-corrected chi connectivity index (χ3v) is 7.64. The Labute approximate surface area is 215 Å². The van der Waals surface area contributed by atoms with Crippen molar-refractivity contribution in [3.63, 3.8) is 0 Å². The van der Waals surface area contributed by atoms with E-state index >= 15 is 0 Å². The highest BCUT2D eigenvalue weighted by atomic mass is 31.2. The number of nitrogens with one attached hydrogen (secondary N) is 1. The number of nitrogen functional groups attached to an aromatic ring is 1. The largest absolute Gasteiger partial charge is 0.462 e. The molecule has 1 aliphatic rings. The Bertz CT molecular complexity index is 1250. The lowest BCUT2D eigenvalue weighted by atomic mass is 9.91. The number of benzene rings is 1. The van der Waals surface area contributed by atoms with Crippen LogP contribution in [0.1, 0.15) is 33.6 Å². The van der Waals surface area contributed by atoms with Gasteiger partial charge in [-0.25, -0.2) is 20.0 Å². The standard InChI is InChI=1S/C24H33N6O6P/c1-17(2)35-23(31)24(9-11-33-12-10-24)29-37(32,36-19-7-5-4-6-8-19)16-34-18(3)13-30-15-28-20-21(25)26-14-27-22(20)30/h4-8,14-15,17-18H,9-13,16H2,1-3H3,(H,29,32)(H2,25,26,27)/t18-,37?/m1/s1. The van der Waals surface area contributed by atoms with Crippen molar-refractivity contribution in [3.8, 4) is 5.75 Å². The summed E-state index contributed by atoms with van der Waals surface area (Å²) in [6.45, 7) is 6.39. The van der Waals surface area contributed by atoms with Gasteiger partial charge < -0.3 is 29.0 Å². The molecule has 1 unspecified atom stereocenters. The van der Waals surface area contributed by atoms with E-state index in [4.69, 9.17) is 24.5 Å². The van der Waals surface area contributed by atoms with Crippen LogP contribution in [0.2, 0.25) is 0 Å². The zero-order chi connectivity index (χ0) is 26.5. The quantitative estimate of drug-likeness (QED) is 0.277. The maximum absolute atomic E-state index is 14.2. The summed E-state index contributed by atoms with van der Waals surface area (Å²) in [5.41, 5.74) is 5.72. The van der Waals surface area contributed by atoms with Crippen molar-refractivity contribution < 1.29 is 28.1 Å². The van der Waals surface area contributed by atoms with Crippen LogP contribution in [-0.4, -0.2) is 62.8 Å². The number of hydrogen-bond acceptors (Lipinski definition) is 10. The lowest BCUT2D eigenvalue weighted by Gasteiger charge is -2.38. The number of carbonyl (C=O) groups excluding carboxylic acids is 1. The summed E-state index contributed by atoms with van der Waals surface area (Å²) in [6.07, 6.45) is 2.53. The van der Waals surface area contributed by atoms with Gasteiger partial charge in [0.1, 0.15) is 29.5 Å². The maximum atomic E-state index is 14.2. The maximum Gasteiger partial charge on any atom is 0.342 e. The average molecular weight is 533 g/mol. The van der Waals surface area contributed by atoms with Gasteiger partial charge in [0.25, 0.3) is 0 Å². The number of nitrogens with zero attached hydrogens (tertiary/aromatic N) is 4. The first-order valence-corrected chi connectivity index (χ1v) is 14.0. The molecule has 3 aromatic rings. The normalized spacial score (nSPS) is 17.8. The number of aromatic nitrogens is 4. The van der Waals surface area contributed by atoms with Crippen molar-refractivity contribution in [2.45, 2.75) is 57.9 Å². The van der Waals surface area contributed by atoms with E-state index in [1.807, 2.05) is 13.0 Å². The van der Waals surface area contributed by atoms with E-state index in [0.29, 0.717) is 49.5 Å². The second-order valence-corrected chi connectivity index (χ2v) is 11.3. The molecule has 0 amide bonds. The van der Waals surface area contributed by atoms with Crippen molar-refractivity contribution in [1.82, 2.24) is 24.6 Å². The van der Waals surface area contributed by atoms with Crippen LogP contribution in [0.15, 0.2) is 43.0 Å². The van der Waals surface area contributed by atoms with E-state index in [9.17, 15) is 9.36 Å². The smallest absolute Gasteiger partial charge is 0.342 e. The molecule has 1 aromatic carbocycles. The number of rotatable bonds is 11. The van der Waals surface area contributed by atoms with Crippen LogP contribution in [-0.2, 0) is 30.1 Å². The number of fused-ring (bicyclic) bond motifs is 1. The van der Waals surface area contributed by atoms with E-state index < -0.39 is 25.1 Å². The Morgan fingerprint density at radius 3 is 2.62 bits per heavy atom. The molecule has 0 saturated carbocycles. The number of esters is 1. The summed E-state index contributed by atoms with van der Waals surface area (Å²) in [4.78, 5) is 25.6. The van der Waals surface area contributed by atoms with Crippen LogP contribution in [0, 0.1) is 0 Å². The Hall–Kier alpha value is -3.05. The number of nitrogens with two attached hydrogens (primary N) is 1. The van der Waals surface area contributed by atoms with Crippen LogP contribution < -0.4 is 15.3 Å². The predicted molar refractivity (Wildman–Crippen MR) is 137 cm³/mol. The molecule has 37 heavy (non-hydrogen) atoms. The first-order valence-electron chi connectivity index (χ1n) is 12.1. The summed E-state index contributed by atoms with van der Waals surface area (Å²) in [6, 6.07) is 8.77. The molecule has 0 bridgehead atoms. The van der Waals surface area contributed by atoms with Crippen molar-refractivity contribution in [1.29, 1.82) is 0 Å². The van der Waals surface area contributed by atoms with Gasteiger partial charge in [0.2, 0.25) is 0 Å². The Morgan fingerprint density at radius 2 is 1.92 bits per heavy atom.